The standard InChI is InChI=1S/C16H19N3O2/c1-10(2)14(15-11(3)5-4-8-17-15)19-16(21)12-6-7-13(20)18-9-12/h4-10,14H,1-3H3,(H,18,20)(H,19,21)/t14-/m0/s1. The maximum Gasteiger partial charge on any atom is 0.253 e. The highest BCUT2D eigenvalue weighted by atomic mass is 16.2. The van der Waals surface area contributed by atoms with E-state index in [4.69, 9.17) is 0 Å². The van der Waals surface area contributed by atoms with Crippen LogP contribution in [0.25, 0.3) is 0 Å². The molecule has 2 heterocycles. The number of aromatic nitrogens is 2. The molecule has 1 atom stereocenters. The zero-order chi connectivity index (χ0) is 15.4. The molecule has 2 rings (SSSR count). The highest BCUT2D eigenvalue weighted by Gasteiger charge is 2.21. The maximum absolute atomic E-state index is 12.3. The first-order chi connectivity index (χ1) is 9.99. The zero-order valence-corrected chi connectivity index (χ0v) is 12.4. The summed E-state index contributed by atoms with van der Waals surface area (Å²) in [6.07, 6.45) is 3.14. The van der Waals surface area contributed by atoms with Crippen LogP contribution in [0.1, 0.15) is 41.5 Å². The highest BCUT2D eigenvalue weighted by molar-refractivity contribution is 5.94. The second kappa shape index (κ2) is 6.35. The smallest absolute Gasteiger partial charge is 0.253 e. The summed E-state index contributed by atoms with van der Waals surface area (Å²) in [4.78, 5) is 30.2. The lowest BCUT2D eigenvalue weighted by molar-refractivity contribution is 0.0924. The van der Waals surface area contributed by atoms with Crippen LogP contribution in [0, 0.1) is 12.8 Å². The minimum Gasteiger partial charge on any atom is -0.343 e. The van der Waals surface area contributed by atoms with E-state index < -0.39 is 0 Å². The third-order valence-corrected chi connectivity index (χ3v) is 3.34. The molecule has 0 radical (unpaired) electrons. The van der Waals surface area contributed by atoms with Crippen LogP contribution < -0.4 is 10.9 Å². The molecule has 0 aromatic carbocycles. The van der Waals surface area contributed by atoms with Crippen molar-refractivity contribution in [3.8, 4) is 0 Å². The predicted octanol–water partition coefficient (Wildman–Crippen LogP) is 2.21. The largest absolute Gasteiger partial charge is 0.343 e. The molecule has 2 N–H and O–H groups in total. The first-order valence-corrected chi connectivity index (χ1v) is 6.90. The second-order valence-corrected chi connectivity index (χ2v) is 5.34. The molecule has 0 aliphatic heterocycles. The van der Waals surface area contributed by atoms with Crippen LogP contribution in [-0.4, -0.2) is 15.9 Å². The van der Waals surface area contributed by atoms with Gasteiger partial charge in [-0.2, -0.15) is 0 Å². The topological polar surface area (TPSA) is 74.8 Å². The molecule has 0 fully saturated rings. The van der Waals surface area contributed by atoms with Crippen LogP contribution in [0.5, 0.6) is 0 Å². The Hall–Kier alpha value is -2.43. The van der Waals surface area contributed by atoms with Gasteiger partial charge in [-0.3, -0.25) is 14.6 Å². The van der Waals surface area contributed by atoms with Gasteiger partial charge in [0, 0.05) is 18.5 Å². The Labute approximate surface area is 123 Å². The van der Waals surface area contributed by atoms with E-state index in [9.17, 15) is 9.59 Å². The fourth-order valence-electron chi connectivity index (χ4n) is 2.15. The number of H-pyrrole nitrogens is 1. The van der Waals surface area contributed by atoms with E-state index in [-0.39, 0.29) is 23.4 Å². The van der Waals surface area contributed by atoms with E-state index in [0.717, 1.165) is 11.3 Å². The molecule has 0 aliphatic rings. The quantitative estimate of drug-likeness (QED) is 0.904. The maximum atomic E-state index is 12.3. The Balaban J connectivity index is 2.25. The van der Waals surface area contributed by atoms with Crippen LogP contribution in [-0.2, 0) is 0 Å². The van der Waals surface area contributed by atoms with Gasteiger partial charge in [0.25, 0.3) is 5.91 Å². The van der Waals surface area contributed by atoms with Crippen molar-refractivity contribution in [2.24, 2.45) is 5.92 Å². The van der Waals surface area contributed by atoms with Crippen molar-refractivity contribution < 1.29 is 4.79 Å². The minimum absolute atomic E-state index is 0.175. The van der Waals surface area contributed by atoms with E-state index in [1.54, 1.807) is 6.20 Å². The van der Waals surface area contributed by atoms with Crippen molar-refractivity contribution in [1.82, 2.24) is 15.3 Å². The van der Waals surface area contributed by atoms with Crippen molar-refractivity contribution in [3.63, 3.8) is 0 Å². The van der Waals surface area contributed by atoms with Gasteiger partial charge in [-0.05, 0) is 30.5 Å². The average Bonchev–Trinajstić information content (AvgIpc) is 2.46. The Kier molecular flexibility index (Phi) is 4.52. The molecule has 0 saturated heterocycles. The number of carbonyl (C=O) groups excluding carboxylic acids is 1. The van der Waals surface area contributed by atoms with Crippen LogP contribution in [0.2, 0.25) is 0 Å². The predicted molar refractivity (Wildman–Crippen MR) is 81.1 cm³/mol. The number of nitrogens with zero attached hydrogens (tertiary/aromatic N) is 1. The number of carbonyl (C=O) groups is 1. The number of aryl methyl sites for hydroxylation is 1. The van der Waals surface area contributed by atoms with Gasteiger partial charge in [0.2, 0.25) is 5.56 Å². The molecule has 0 aliphatic carbocycles. The van der Waals surface area contributed by atoms with Gasteiger partial charge in [0.15, 0.2) is 0 Å². The van der Waals surface area contributed by atoms with E-state index >= 15 is 0 Å². The van der Waals surface area contributed by atoms with Crippen molar-refractivity contribution in [2.75, 3.05) is 0 Å². The summed E-state index contributed by atoms with van der Waals surface area (Å²) in [5, 5.41) is 2.99. The summed E-state index contributed by atoms with van der Waals surface area (Å²) in [5.41, 5.74) is 2.10. The average molecular weight is 285 g/mol. The molecular weight excluding hydrogens is 266 g/mol. The monoisotopic (exact) mass is 285 g/mol. The number of nitrogens with one attached hydrogen (secondary N) is 2. The molecule has 2 aromatic heterocycles. The van der Waals surface area contributed by atoms with Crippen molar-refractivity contribution in [3.05, 3.63) is 63.8 Å². The third-order valence-electron chi connectivity index (χ3n) is 3.34. The van der Waals surface area contributed by atoms with Crippen LogP contribution >= 0.6 is 0 Å². The van der Waals surface area contributed by atoms with E-state index in [0.29, 0.717) is 5.56 Å². The molecule has 5 nitrogen and oxygen atoms in total. The van der Waals surface area contributed by atoms with E-state index in [2.05, 4.69) is 15.3 Å². The molecule has 110 valence electrons. The summed E-state index contributed by atoms with van der Waals surface area (Å²) >= 11 is 0. The third kappa shape index (κ3) is 3.56. The van der Waals surface area contributed by atoms with Crippen LogP contribution in [0.3, 0.4) is 0 Å². The summed E-state index contributed by atoms with van der Waals surface area (Å²) in [5.74, 6) is -0.0275. The Morgan fingerprint density at radius 3 is 2.62 bits per heavy atom. The highest BCUT2D eigenvalue weighted by Crippen LogP contribution is 2.22. The summed E-state index contributed by atoms with van der Waals surface area (Å²) < 4.78 is 0. The molecule has 0 bridgehead atoms. The van der Waals surface area contributed by atoms with E-state index in [1.165, 1.54) is 18.3 Å². The van der Waals surface area contributed by atoms with Gasteiger partial charge in [-0.25, -0.2) is 0 Å². The molecule has 0 spiro atoms. The molecule has 21 heavy (non-hydrogen) atoms. The Morgan fingerprint density at radius 2 is 2.05 bits per heavy atom. The Bertz CT molecular complexity index is 671. The van der Waals surface area contributed by atoms with Crippen molar-refractivity contribution >= 4 is 5.91 Å². The van der Waals surface area contributed by atoms with Crippen LogP contribution in [0.4, 0.5) is 0 Å². The minimum atomic E-state index is -0.229. The first kappa shape index (κ1) is 15.0. The number of pyridine rings is 2. The molecule has 1 amide bonds. The van der Waals surface area contributed by atoms with E-state index in [1.807, 2.05) is 32.9 Å². The number of aromatic amines is 1. The van der Waals surface area contributed by atoms with Crippen molar-refractivity contribution in [2.45, 2.75) is 26.8 Å². The fourth-order valence-corrected chi connectivity index (χ4v) is 2.15. The summed E-state index contributed by atoms with van der Waals surface area (Å²) in [6.45, 7) is 6.04. The number of rotatable bonds is 4. The fraction of sp³-hybridized carbons (Fsp3) is 0.312. The SMILES string of the molecule is Cc1cccnc1[C@@H](NC(=O)c1ccc(=O)[nH]c1)C(C)C. The van der Waals surface area contributed by atoms with Gasteiger partial charge in [0.1, 0.15) is 0 Å². The molecule has 0 unspecified atom stereocenters. The lowest BCUT2D eigenvalue weighted by atomic mass is 9.97. The second-order valence-electron chi connectivity index (χ2n) is 5.34. The van der Waals surface area contributed by atoms with Gasteiger partial charge < -0.3 is 10.3 Å². The lowest BCUT2D eigenvalue weighted by Crippen LogP contribution is -2.33. The van der Waals surface area contributed by atoms with Gasteiger partial charge in [-0.15, -0.1) is 0 Å². The van der Waals surface area contributed by atoms with Gasteiger partial charge in [0.05, 0.1) is 17.3 Å². The lowest BCUT2D eigenvalue weighted by Gasteiger charge is -2.23. The number of amides is 1. The van der Waals surface area contributed by atoms with Crippen LogP contribution in [0.15, 0.2) is 41.5 Å². The zero-order valence-electron chi connectivity index (χ0n) is 12.4. The van der Waals surface area contributed by atoms with Crippen molar-refractivity contribution in [1.29, 1.82) is 0 Å². The summed E-state index contributed by atoms with van der Waals surface area (Å²) in [7, 11) is 0. The first-order valence-electron chi connectivity index (χ1n) is 6.90. The normalized spacial score (nSPS) is 12.2. The van der Waals surface area contributed by atoms with Gasteiger partial charge >= 0.3 is 0 Å². The summed E-state index contributed by atoms with van der Waals surface area (Å²) in [6, 6.07) is 6.53. The molecule has 5 heteroatoms. The molecule has 2 aromatic rings. The number of hydrogen-bond donors (Lipinski definition) is 2. The van der Waals surface area contributed by atoms with Gasteiger partial charge in [-0.1, -0.05) is 19.9 Å². The Morgan fingerprint density at radius 1 is 1.29 bits per heavy atom. The molecule has 0 saturated carbocycles. The molecular formula is C16H19N3O2. The number of hydrogen-bond acceptors (Lipinski definition) is 3.